The lowest BCUT2D eigenvalue weighted by Crippen LogP contribution is -2.49. The van der Waals surface area contributed by atoms with Crippen LogP contribution < -0.4 is 10.0 Å². The molecule has 1 aromatic carbocycles. The van der Waals surface area contributed by atoms with Crippen LogP contribution in [-0.2, 0) is 14.8 Å². The minimum absolute atomic E-state index is 0.140. The third-order valence-electron chi connectivity index (χ3n) is 3.38. The molecule has 0 aromatic heterocycles. The standard InChI is InChI=1S/C16H25BrN2O3S/c1-11(2)9-10-18-16(20)15(12(3)4)19-23(21,22)14-7-5-13(17)6-8-14/h5-8,11-12,15,19H,9-10H2,1-4H3,(H,18,20)/t15-/m0/s1. The molecule has 0 heterocycles. The van der Waals surface area contributed by atoms with Gasteiger partial charge in [0.2, 0.25) is 15.9 Å². The van der Waals surface area contributed by atoms with Crippen molar-refractivity contribution in [3.05, 3.63) is 28.7 Å². The van der Waals surface area contributed by atoms with E-state index in [0.717, 1.165) is 10.9 Å². The van der Waals surface area contributed by atoms with E-state index in [1.165, 1.54) is 12.1 Å². The number of hydrogen-bond acceptors (Lipinski definition) is 3. The molecule has 0 saturated heterocycles. The summed E-state index contributed by atoms with van der Waals surface area (Å²) in [6.45, 7) is 8.32. The molecule has 1 aromatic rings. The van der Waals surface area contributed by atoms with Gasteiger partial charge in [0.15, 0.2) is 0 Å². The van der Waals surface area contributed by atoms with Crippen LogP contribution in [0.1, 0.15) is 34.1 Å². The molecule has 0 fully saturated rings. The maximum Gasteiger partial charge on any atom is 0.241 e. The molecule has 0 bridgehead atoms. The van der Waals surface area contributed by atoms with E-state index in [4.69, 9.17) is 0 Å². The van der Waals surface area contributed by atoms with E-state index in [1.807, 2.05) is 13.8 Å². The predicted molar refractivity (Wildman–Crippen MR) is 95.6 cm³/mol. The summed E-state index contributed by atoms with van der Waals surface area (Å²) in [4.78, 5) is 12.4. The second-order valence-electron chi connectivity index (χ2n) is 6.27. The maximum absolute atomic E-state index is 12.4. The summed E-state index contributed by atoms with van der Waals surface area (Å²) in [5.41, 5.74) is 0. The van der Waals surface area contributed by atoms with Gasteiger partial charge in [-0.2, -0.15) is 4.72 Å². The lowest BCUT2D eigenvalue weighted by molar-refractivity contribution is -0.123. The van der Waals surface area contributed by atoms with E-state index >= 15 is 0 Å². The molecule has 0 aliphatic heterocycles. The number of sulfonamides is 1. The van der Waals surface area contributed by atoms with Crippen molar-refractivity contribution in [2.75, 3.05) is 6.54 Å². The summed E-state index contributed by atoms with van der Waals surface area (Å²) >= 11 is 3.27. The zero-order valence-electron chi connectivity index (χ0n) is 14.0. The lowest BCUT2D eigenvalue weighted by Gasteiger charge is -2.22. The van der Waals surface area contributed by atoms with Gasteiger partial charge in [-0.1, -0.05) is 43.6 Å². The molecular formula is C16H25BrN2O3S. The number of carbonyl (C=O) groups is 1. The fourth-order valence-electron chi connectivity index (χ4n) is 1.94. The Morgan fingerprint density at radius 1 is 1.13 bits per heavy atom. The maximum atomic E-state index is 12.4. The molecule has 0 radical (unpaired) electrons. The van der Waals surface area contributed by atoms with Crippen molar-refractivity contribution in [1.82, 2.24) is 10.0 Å². The molecule has 1 amide bonds. The Labute approximate surface area is 147 Å². The molecule has 0 aliphatic rings. The van der Waals surface area contributed by atoms with Crippen LogP contribution in [0.25, 0.3) is 0 Å². The third kappa shape index (κ3) is 6.61. The molecule has 0 saturated carbocycles. The first-order chi connectivity index (χ1) is 10.6. The van der Waals surface area contributed by atoms with Gasteiger partial charge < -0.3 is 5.32 Å². The van der Waals surface area contributed by atoms with Gasteiger partial charge in [0.1, 0.15) is 6.04 Å². The van der Waals surface area contributed by atoms with Gasteiger partial charge in [-0.05, 0) is 42.5 Å². The van der Waals surface area contributed by atoms with E-state index in [1.54, 1.807) is 12.1 Å². The van der Waals surface area contributed by atoms with Gasteiger partial charge >= 0.3 is 0 Å². The first-order valence-corrected chi connectivity index (χ1v) is 9.96. The van der Waals surface area contributed by atoms with E-state index in [2.05, 4.69) is 39.8 Å². The Morgan fingerprint density at radius 2 is 1.70 bits per heavy atom. The highest BCUT2D eigenvalue weighted by atomic mass is 79.9. The molecule has 2 N–H and O–H groups in total. The summed E-state index contributed by atoms with van der Waals surface area (Å²) in [7, 11) is -3.74. The van der Waals surface area contributed by atoms with E-state index in [0.29, 0.717) is 12.5 Å². The summed E-state index contributed by atoms with van der Waals surface area (Å²) in [5.74, 6) is 0.0351. The molecule has 0 spiro atoms. The first-order valence-electron chi connectivity index (χ1n) is 7.69. The molecule has 23 heavy (non-hydrogen) atoms. The Bertz CT molecular complexity index is 613. The summed E-state index contributed by atoms with van der Waals surface area (Å²) in [5, 5.41) is 2.81. The van der Waals surface area contributed by atoms with Crippen LogP contribution in [0.4, 0.5) is 0 Å². The summed E-state index contributed by atoms with van der Waals surface area (Å²) in [6.07, 6.45) is 0.857. The van der Waals surface area contributed by atoms with Crippen LogP contribution in [-0.4, -0.2) is 26.9 Å². The highest BCUT2D eigenvalue weighted by Gasteiger charge is 2.28. The highest BCUT2D eigenvalue weighted by Crippen LogP contribution is 2.16. The van der Waals surface area contributed by atoms with Gasteiger partial charge in [0.25, 0.3) is 0 Å². The van der Waals surface area contributed by atoms with Crippen LogP contribution in [0.3, 0.4) is 0 Å². The van der Waals surface area contributed by atoms with Crippen LogP contribution in [0.5, 0.6) is 0 Å². The fraction of sp³-hybridized carbons (Fsp3) is 0.562. The predicted octanol–water partition coefficient (Wildman–Crippen LogP) is 2.91. The number of rotatable bonds is 8. The van der Waals surface area contributed by atoms with Crippen LogP contribution in [0, 0.1) is 11.8 Å². The van der Waals surface area contributed by atoms with Crippen LogP contribution in [0.15, 0.2) is 33.6 Å². The van der Waals surface area contributed by atoms with Crippen molar-refractivity contribution < 1.29 is 13.2 Å². The van der Waals surface area contributed by atoms with Crippen molar-refractivity contribution >= 4 is 31.9 Å². The topological polar surface area (TPSA) is 75.3 Å². The first kappa shape index (κ1) is 20.1. The average molecular weight is 405 g/mol. The SMILES string of the molecule is CC(C)CCNC(=O)[C@@H](NS(=O)(=O)c1ccc(Br)cc1)C(C)C. The number of benzene rings is 1. The smallest absolute Gasteiger partial charge is 0.241 e. The molecule has 0 aliphatic carbocycles. The minimum atomic E-state index is -3.74. The van der Waals surface area contributed by atoms with Gasteiger partial charge in [-0.3, -0.25) is 4.79 Å². The molecule has 1 atom stereocenters. The van der Waals surface area contributed by atoms with Crippen molar-refractivity contribution in [2.24, 2.45) is 11.8 Å². The molecule has 0 unspecified atom stereocenters. The fourth-order valence-corrected chi connectivity index (χ4v) is 3.54. The molecule has 7 heteroatoms. The number of nitrogens with one attached hydrogen (secondary N) is 2. The van der Waals surface area contributed by atoms with Crippen molar-refractivity contribution in [3.63, 3.8) is 0 Å². The second kappa shape index (κ2) is 8.80. The van der Waals surface area contributed by atoms with Crippen molar-refractivity contribution in [3.8, 4) is 0 Å². The number of amides is 1. The second-order valence-corrected chi connectivity index (χ2v) is 8.90. The molecule has 5 nitrogen and oxygen atoms in total. The van der Waals surface area contributed by atoms with Gasteiger partial charge in [0, 0.05) is 11.0 Å². The minimum Gasteiger partial charge on any atom is -0.355 e. The van der Waals surface area contributed by atoms with E-state index < -0.39 is 16.1 Å². The van der Waals surface area contributed by atoms with Crippen LogP contribution >= 0.6 is 15.9 Å². The highest BCUT2D eigenvalue weighted by molar-refractivity contribution is 9.10. The summed E-state index contributed by atoms with van der Waals surface area (Å²) in [6, 6.07) is 5.51. The van der Waals surface area contributed by atoms with Crippen molar-refractivity contribution in [2.45, 2.75) is 45.1 Å². The third-order valence-corrected chi connectivity index (χ3v) is 5.36. The van der Waals surface area contributed by atoms with E-state index in [9.17, 15) is 13.2 Å². The molecule has 130 valence electrons. The van der Waals surface area contributed by atoms with Gasteiger partial charge in [0.05, 0.1) is 4.90 Å². The zero-order chi connectivity index (χ0) is 17.6. The largest absolute Gasteiger partial charge is 0.355 e. The monoisotopic (exact) mass is 404 g/mol. The number of halogens is 1. The average Bonchev–Trinajstić information content (AvgIpc) is 2.44. The number of carbonyl (C=O) groups excluding carboxylic acids is 1. The lowest BCUT2D eigenvalue weighted by atomic mass is 10.0. The normalized spacial score (nSPS) is 13.3. The Kier molecular flexibility index (Phi) is 7.70. The Hall–Kier alpha value is -0.920. The quantitative estimate of drug-likeness (QED) is 0.699. The molecular weight excluding hydrogens is 380 g/mol. The molecule has 1 rings (SSSR count). The van der Waals surface area contributed by atoms with Gasteiger partial charge in [-0.15, -0.1) is 0 Å². The Morgan fingerprint density at radius 3 is 2.17 bits per heavy atom. The Balaban J connectivity index is 2.82. The number of hydrogen-bond donors (Lipinski definition) is 2. The van der Waals surface area contributed by atoms with E-state index in [-0.39, 0.29) is 16.7 Å². The zero-order valence-corrected chi connectivity index (χ0v) is 16.4. The van der Waals surface area contributed by atoms with Crippen LogP contribution in [0.2, 0.25) is 0 Å². The van der Waals surface area contributed by atoms with Crippen molar-refractivity contribution in [1.29, 1.82) is 0 Å². The van der Waals surface area contributed by atoms with Gasteiger partial charge in [-0.25, -0.2) is 8.42 Å². The summed E-state index contributed by atoms with van der Waals surface area (Å²) < 4.78 is 28.2.